The second-order valence-corrected chi connectivity index (χ2v) is 11.9. The Morgan fingerprint density at radius 2 is 1.39 bits per heavy atom. The summed E-state index contributed by atoms with van der Waals surface area (Å²) in [7, 11) is 1.24. The average molecular weight is 744 g/mol. The van der Waals surface area contributed by atoms with Crippen LogP contribution in [0, 0.1) is 11.8 Å². The number of rotatable bonds is 12. The Morgan fingerprint density at radius 3 is 1.86 bits per heavy atom. The number of halogens is 9. The first-order valence-electron chi connectivity index (χ1n) is 16.5. The molecule has 1 heterocycles. The van der Waals surface area contributed by atoms with Crippen molar-refractivity contribution < 1.29 is 49.0 Å². The van der Waals surface area contributed by atoms with Gasteiger partial charge in [0.25, 0.3) is 0 Å². The summed E-state index contributed by atoms with van der Waals surface area (Å²) >= 11 is 0. The first-order valence-corrected chi connectivity index (χ1v) is 16.5. The molecule has 0 aliphatic heterocycles. The molecule has 1 saturated carbocycles. The maximum atomic E-state index is 13.9. The summed E-state index contributed by atoms with van der Waals surface area (Å²) in [5.74, 6) is 5.19. The van der Waals surface area contributed by atoms with E-state index in [1.165, 1.54) is 7.05 Å². The molecule has 4 N–H and O–H groups in total. The van der Waals surface area contributed by atoms with Crippen LogP contribution in [0.15, 0.2) is 35.6 Å². The summed E-state index contributed by atoms with van der Waals surface area (Å²) in [4.78, 5) is 18.8. The molecule has 0 spiro atoms. The van der Waals surface area contributed by atoms with E-state index in [4.69, 9.17) is 16.3 Å². The number of aromatic nitrogens is 1. The van der Waals surface area contributed by atoms with Crippen molar-refractivity contribution in [1.29, 1.82) is 0 Å². The number of anilines is 1. The van der Waals surface area contributed by atoms with Crippen molar-refractivity contribution in [3.8, 4) is 0 Å². The number of benzene rings is 1. The standard InChI is InChI=1S/C31H40F9N7O2.C2H6/c1-4-46(16-20-8-6-19(7-9-20)12-26(48)49-5-2)27-22(13-25(15-43-27)31(38,39)40)18-47(28(41)44-45(3)42)17-21-10-23(29(32,33)34)14-24(11-21)30(35,36)37;1-2/h10-11,13-15,19-20H,4-9,12,16-18,42H2,1-3H3,(H2,41,44);1-2H3. The molecule has 1 fully saturated rings. The number of guanidine groups is 1. The summed E-state index contributed by atoms with van der Waals surface area (Å²) in [6.45, 7) is 7.25. The zero-order chi connectivity index (χ0) is 38.7. The fourth-order valence-corrected chi connectivity index (χ4v) is 5.79. The normalized spacial score (nSPS) is 17.0. The van der Waals surface area contributed by atoms with E-state index in [0.717, 1.165) is 41.8 Å². The highest BCUT2D eigenvalue weighted by Crippen LogP contribution is 2.38. The highest BCUT2D eigenvalue weighted by Gasteiger charge is 2.38. The quantitative estimate of drug-likeness (QED) is 0.0566. The lowest BCUT2D eigenvalue weighted by molar-refractivity contribution is -0.145. The molecule has 51 heavy (non-hydrogen) atoms. The van der Waals surface area contributed by atoms with Crippen LogP contribution in [0.2, 0.25) is 0 Å². The fraction of sp³-hybridized carbons (Fsp3) is 0.606. The molecule has 0 atom stereocenters. The Hall–Kier alpha value is -3.96. The third-order valence-corrected chi connectivity index (χ3v) is 8.12. The summed E-state index contributed by atoms with van der Waals surface area (Å²) < 4.78 is 128. The Balaban J connectivity index is 0.00000442. The third kappa shape index (κ3) is 13.3. The van der Waals surface area contributed by atoms with Gasteiger partial charge in [-0.1, -0.05) is 13.8 Å². The lowest BCUT2D eigenvalue weighted by Crippen LogP contribution is -2.40. The summed E-state index contributed by atoms with van der Waals surface area (Å²) in [6, 6.07) is 1.80. The van der Waals surface area contributed by atoms with Gasteiger partial charge in [0.15, 0.2) is 0 Å². The number of nitrogens with zero attached hydrogens (tertiary/aromatic N) is 5. The van der Waals surface area contributed by atoms with Gasteiger partial charge >= 0.3 is 24.5 Å². The fourth-order valence-electron chi connectivity index (χ4n) is 5.79. The summed E-state index contributed by atoms with van der Waals surface area (Å²) in [5.41, 5.74) is 1.30. The monoisotopic (exact) mass is 743 g/mol. The highest BCUT2D eigenvalue weighted by molar-refractivity contribution is 5.78. The number of nitrogens with two attached hydrogens (primary N) is 2. The molecule has 0 radical (unpaired) electrons. The number of alkyl halides is 9. The smallest absolute Gasteiger partial charge is 0.417 e. The van der Waals surface area contributed by atoms with E-state index in [2.05, 4.69) is 10.1 Å². The largest absolute Gasteiger partial charge is 0.466 e. The first-order chi connectivity index (χ1) is 23.7. The lowest BCUT2D eigenvalue weighted by atomic mass is 9.80. The van der Waals surface area contributed by atoms with Gasteiger partial charge in [-0.2, -0.15) is 39.5 Å². The zero-order valence-electron chi connectivity index (χ0n) is 29.2. The van der Waals surface area contributed by atoms with Crippen molar-refractivity contribution in [3.05, 3.63) is 58.3 Å². The number of esters is 1. The van der Waals surface area contributed by atoms with Crippen LogP contribution in [0.3, 0.4) is 0 Å². The maximum absolute atomic E-state index is 13.9. The molecule has 288 valence electrons. The second-order valence-electron chi connectivity index (χ2n) is 11.9. The first kappa shape index (κ1) is 43.2. The molecule has 1 aromatic carbocycles. The average Bonchev–Trinajstić information content (AvgIpc) is 3.03. The third-order valence-electron chi connectivity index (χ3n) is 8.12. The van der Waals surface area contributed by atoms with Crippen molar-refractivity contribution in [1.82, 2.24) is 15.0 Å². The van der Waals surface area contributed by atoms with Gasteiger partial charge in [-0.15, -0.1) is 5.10 Å². The van der Waals surface area contributed by atoms with Crippen LogP contribution in [0.4, 0.5) is 45.3 Å². The van der Waals surface area contributed by atoms with E-state index in [1.54, 1.807) is 18.7 Å². The van der Waals surface area contributed by atoms with Crippen LogP contribution >= 0.6 is 0 Å². The molecule has 0 amide bonds. The van der Waals surface area contributed by atoms with Gasteiger partial charge in [0.05, 0.1) is 23.3 Å². The van der Waals surface area contributed by atoms with Gasteiger partial charge in [0, 0.05) is 51.4 Å². The Labute approximate surface area is 291 Å². The molecule has 1 aromatic heterocycles. The van der Waals surface area contributed by atoms with E-state index in [-0.39, 0.29) is 41.9 Å². The maximum Gasteiger partial charge on any atom is 0.417 e. The molecule has 0 saturated heterocycles. The molecule has 1 aliphatic carbocycles. The Morgan fingerprint density at radius 1 is 0.863 bits per heavy atom. The molecule has 1 aliphatic rings. The van der Waals surface area contributed by atoms with E-state index >= 15 is 0 Å². The summed E-state index contributed by atoms with van der Waals surface area (Å²) in [5, 5.41) is 4.54. The molecular formula is C33H46F9N7O2. The zero-order valence-corrected chi connectivity index (χ0v) is 29.2. The number of hydrazine groups is 1. The number of carbonyl (C=O) groups is 1. The SMILES string of the molecule is CC.CCOC(=O)CC1CCC(CN(CC)c2ncc(C(F)(F)F)cc2CN(Cc2cc(C(F)(F)F)cc(C(F)(F)F)c2)/C(N)=N/N(C)N)CC1. The molecule has 3 rings (SSSR count). The Kier molecular flexibility index (Phi) is 15.7. The lowest BCUT2D eigenvalue weighted by Gasteiger charge is -2.34. The minimum absolute atomic E-state index is 0.0305. The van der Waals surface area contributed by atoms with E-state index < -0.39 is 59.8 Å². The molecule has 18 heteroatoms. The minimum Gasteiger partial charge on any atom is -0.466 e. The van der Waals surface area contributed by atoms with Gasteiger partial charge in [0.2, 0.25) is 5.96 Å². The number of carbonyl (C=O) groups excluding carboxylic acids is 1. The molecule has 0 unspecified atom stereocenters. The van der Waals surface area contributed by atoms with E-state index in [1.807, 2.05) is 13.8 Å². The van der Waals surface area contributed by atoms with Crippen LogP contribution in [0.25, 0.3) is 0 Å². The van der Waals surface area contributed by atoms with Gasteiger partial charge < -0.3 is 20.3 Å². The number of hydrazone groups is 1. The molecule has 0 bridgehead atoms. The van der Waals surface area contributed by atoms with Crippen LogP contribution < -0.4 is 16.5 Å². The van der Waals surface area contributed by atoms with Crippen molar-refractivity contribution in [3.63, 3.8) is 0 Å². The van der Waals surface area contributed by atoms with E-state index in [9.17, 15) is 44.3 Å². The number of pyridine rings is 1. The highest BCUT2D eigenvalue weighted by atomic mass is 19.4. The van der Waals surface area contributed by atoms with Crippen molar-refractivity contribution in [2.45, 2.75) is 91.4 Å². The predicted molar refractivity (Wildman–Crippen MR) is 174 cm³/mol. The van der Waals surface area contributed by atoms with Crippen LogP contribution in [-0.2, 0) is 41.1 Å². The van der Waals surface area contributed by atoms with Crippen LogP contribution in [0.5, 0.6) is 0 Å². The van der Waals surface area contributed by atoms with Gasteiger partial charge in [-0.05, 0) is 81.2 Å². The Bertz CT molecular complexity index is 1410. The van der Waals surface area contributed by atoms with Gasteiger partial charge in [0.1, 0.15) is 5.82 Å². The second kappa shape index (κ2) is 18.5. The molecular weight excluding hydrogens is 697 g/mol. The van der Waals surface area contributed by atoms with Crippen molar-refractivity contribution >= 4 is 17.7 Å². The van der Waals surface area contributed by atoms with Crippen LogP contribution in [0.1, 0.15) is 87.6 Å². The van der Waals surface area contributed by atoms with E-state index in [0.29, 0.717) is 37.8 Å². The van der Waals surface area contributed by atoms with Gasteiger partial charge in [-0.25, -0.2) is 15.9 Å². The number of hydrogen-bond acceptors (Lipinski definition) is 7. The van der Waals surface area contributed by atoms with Crippen LogP contribution in [-0.4, -0.2) is 53.7 Å². The van der Waals surface area contributed by atoms with Gasteiger partial charge in [-0.3, -0.25) is 4.79 Å². The van der Waals surface area contributed by atoms with Crippen molar-refractivity contribution in [2.24, 2.45) is 28.5 Å². The number of ether oxygens (including phenoxy) is 1. The molecule has 2 aromatic rings. The van der Waals surface area contributed by atoms with Crippen molar-refractivity contribution in [2.75, 3.05) is 31.6 Å². The molecule has 9 nitrogen and oxygen atoms in total. The number of hydrogen-bond donors (Lipinski definition) is 2. The summed E-state index contributed by atoms with van der Waals surface area (Å²) in [6.07, 6.45) is -11.1. The predicted octanol–water partition coefficient (Wildman–Crippen LogP) is 7.79. The topological polar surface area (TPSA) is 113 Å². The minimum atomic E-state index is -5.13.